The predicted molar refractivity (Wildman–Crippen MR) is 107 cm³/mol. The fourth-order valence-corrected chi connectivity index (χ4v) is 5.54. The van der Waals surface area contributed by atoms with Gasteiger partial charge in [0, 0.05) is 20.8 Å². The van der Waals surface area contributed by atoms with Gasteiger partial charge in [-0.1, -0.05) is 11.8 Å². The number of hydrogen-bond donors (Lipinski definition) is 1. The van der Waals surface area contributed by atoms with E-state index in [2.05, 4.69) is 15.3 Å². The molecule has 0 spiro atoms. The van der Waals surface area contributed by atoms with Gasteiger partial charge in [0.05, 0.1) is 5.75 Å². The lowest BCUT2D eigenvalue weighted by molar-refractivity contribution is -0.113. The first-order chi connectivity index (χ1) is 12.2. The number of carbonyl (C=O) groups is 1. The number of nitrogens with zero attached hydrogens (tertiary/aromatic N) is 2. The lowest BCUT2D eigenvalue weighted by atomic mass is 10.2. The smallest absolute Gasteiger partial charge is 0.234 e. The van der Waals surface area contributed by atoms with Crippen molar-refractivity contribution in [1.29, 1.82) is 0 Å². The van der Waals surface area contributed by atoms with E-state index in [0.29, 0.717) is 5.75 Å². The Hall–Kier alpha value is -1.57. The number of benzene rings is 1. The Kier molecular flexibility index (Phi) is 4.96. The minimum absolute atomic E-state index is 0.0134. The van der Waals surface area contributed by atoms with Gasteiger partial charge in [-0.05, 0) is 55.3 Å². The summed E-state index contributed by atoms with van der Waals surface area (Å²) in [5, 5.41) is 5.04. The Morgan fingerprint density at radius 3 is 2.88 bits per heavy atom. The molecule has 2 aromatic heterocycles. The van der Waals surface area contributed by atoms with Crippen LogP contribution in [-0.2, 0) is 17.6 Å². The van der Waals surface area contributed by atoms with Crippen LogP contribution < -0.4 is 5.32 Å². The van der Waals surface area contributed by atoms with Gasteiger partial charge in [0.25, 0.3) is 0 Å². The van der Waals surface area contributed by atoms with Crippen LogP contribution in [0, 0.1) is 0 Å². The van der Waals surface area contributed by atoms with E-state index < -0.39 is 0 Å². The summed E-state index contributed by atoms with van der Waals surface area (Å²) in [6, 6.07) is 7.89. The van der Waals surface area contributed by atoms with Gasteiger partial charge in [0.2, 0.25) is 5.91 Å². The summed E-state index contributed by atoms with van der Waals surface area (Å²) in [6.45, 7) is 0. The fraction of sp³-hybridized carbons (Fsp3) is 0.278. The quantitative estimate of drug-likeness (QED) is 0.511. The standard InChI is InChI=1S/C18H17N3OS3/c1-23-12-7-5-11(6-8-12)21-15(22)9-24-17-16-13-3-2-4-14(13)25-18(16)20-10-19-17/h5-8,10H,2-4,9H2,1H3,(H,21,22). The number of amides is 1. The normalized spacial score (nSPS) is 13.2. The van der Waals surface area contributed by atoms with E-state index >= 15 is 0 Å². The Morgan fingerprint density at radius 2 is 2.08 bits per heavy atom. The third-order valence-corrected chi connectivity index (χ3v) is 7.11. The zero-order valence-corrected chi connectivity index (χ0v) is 16.2. The molecule has 1 amide bonds. The highest BCUT2D eigenvalue weighted by molar-refractivity contribution is 8.00. The van der Waals surface area contributed by atoms with Crippen LogP contribution >= 0.6 is 34.9 Å². The minimum atomic E-state index is -0.0134. The molecule has 0 radical (unpaired) electrons. The number of fused-ring (bicyclic) bond motifs is 3. The van der Waals surface area contributed by atoms with Crippen LogP contribution in [0.2, 0.25) is 0 Å². The summed E-state index contributed by atoms with van der Waals surface area (Å²) >= 11 is 4.95. The molecule has 0 aliphatic heterocycles. The molecule has 4 rings (SSSR count). The van der Waals surface area contributed by atoms with Crippen LogP contribution in [0.15, 0.2) is 40.5 Å². The van der Waals surface area contributed by atoms with Crippen molar-refractivity contribution < 1.29 is 4.79 Å². The Balaban J connectivity index is 1.46. The van der Waals surface area contributed by atoms with Crippen molar-refractivity contribution in [2.24, 2.45) is 0 Å². The molecule has 1 N–H and O–H groups in total. The van der Waals surface area contributed by atoms with Crippen LogP contribution in [0.4, 0.5) is 5.69 Å². The molecule has 3 aromatic rings. The summed E-state index contributed by atoms with van der Waals surface area (Å²) in [7, 11) is 0. The van der Waals surface area contributed by atoms with Gasteiger partial charge >= 0.3 is 0 Å². The van der Waals surface area contributed by atoms with Gasteiger partial charge in [0.1, 0.15) is 16.2 Å². The highest BCUT2D eigenvalue weighted by Crippen LogP contribution is 2.39. The minimum Gasteiger partial charge on any atom is -0.325 e. The number of aromatic nitrogens is 2. The molecular weight excluding hydrogens is 370 g/mol. The molecule has 1 aromatic carbocycles. The average Bonchev–Trinajstić information content (AvgIpc) is 3.21. The zero-order valence-electron chi connectivity index (χ0n) is 13.7. The summed E-state index contributed by atoms with van der Waals surface area (Å²) in [5.74, 6) is 0.335. The van der Waals surface area contributed by atoms with Gasteiger partial charge in [-0.2, -0.15) is 0 Å². The Morgan fingerprint density at radius 1 is 1.24 bits per heavy atom. The second kappa shape index (κ2) is 7.35. The van der Waals surface area contributed by atoms with E-state index in [1.54, 1.807) is 29.4 Å². The summed E-state index contributed by atoms with van der Waals surface area (Å²) in [5.41, 5.74) is 2.23. The molecule has 0 saturated heterocycles. The summed E-state index contributed by atoms with van der Waals surface area (Å²) in [4.78, 5) is 24.8. The Labute approximate surface area is 158 Å². The van der Waals surface area contributed by atoms with Crippen molar-refractivity contribution in [1.82, 2.24) is 9.97 Å². The summed E-state index contributed by atoms with van der Waals surface area (Å²) in [6.07, 6.45) is 7.10. The SMILES string of the molecule is CSc1ccc(NC(=O)CSc2ncnc3sc4c(c23)CCC4)cc1. The fourth-order valence-electron chi connectivity index (χ4n) is 3.01. The molecule has 4 nitrogen and oxygen atoms in total. The van der Waals surface area contributed by atoms with E-state index in [1.165, 1.54) is 38.9 Å². The largest absolute Gasteiger partial charge is 0.325 e. The van der Waals surface area contributed by atoms with Gasteiger partial charge in [-0.15, -0.1) is 23.1 Å². The average molecular weight is 388 g/mol. The molecule has 2 heterocycles. The number of aryl methyl sites for hydroxylation is 2. The van der Waals surface area contributed by atoms with Crippen LogP contribution in [0.1, 0.15) is 16.9 Å². The second-order valence-electron chi connectivity index (χ2n) is 5.78. The number of anilines is 1. The van der Waals surface area contributed by atoms with Crippen molar-refractivity contribution in [3.63, 3.8) is 0 Å². The third kappa shape index (κ3) is 3.54. The monoisotopic (exact) mass is 387 g/mol. The molecule has 0 unspecified atom stereocenters. The lowest BCUT2D eigenvalue weighted by Crippen LogP contribution is -2.14. The van der Waals surface area contributed by atoms with E-state index in [-0.39, 0.29) is 5.91 Å². The van der Waals surface area contributed by atoms with E-state index in [4.69, 9.17) is 0 Å². The maximum absolute atomic E-state index is 12.3. The van der Waals surface area contributed by atoms with Crippen molar-refractivity contribution >= 4 is 56.7 Å². The van der Waals surface area contributed by atoms with Crippen LogP contribution in [-0.4, -0.2) is 27.9 Å². The number of rotatable bonds is 5. The maximum Gasteiger partial charge on any atom is 0.234 e. The molecule has 1 aliphatic rings. The molecule has 0 atom stereocenters. The second-order valence-corrected chi connectivity index (χ2v) is 8.71. The maximum atomic E-state index is 12.3. The highest BCUT2D eigenvalue weighted by Gasteiger charge is 2.21. The molecular formula is C18H17N3OS3. The van der Waals surface area contributed by atoms with Crippen LogP contribution in [0.3, 0.4) is 0 Å². The number of carbonyl (C=O) groups excluding carboxylic acids is 1. The predicted octanol–water partition coefficient (Wildman–Crippen LogP) is 4.63. The number of hydrogen-bond acceptors (Lipinski definition) is 6. The molecule has 0 bridgehead atoms. The number of thioether (sulfide) groups is 2. The van der Waals surface area contributed by atoms with E-state index in [9.17, 15) is 4.79 Å². The number of thiophene rings is 1. The van der Waals surface area contributed by atoms with E-state index in [0.717, 1.165) is 28.4 Å². The van der Waals surface area contributed by atoms with Crippen LogP contribution in [0.25, 0.3) is 10.2 Å². The molecule has 7 heteroatoms. The first kappa shape index (κ1) is 16.9. The van der Waals surface area contributed by atoms with Gasteiger partial charge in [-0.3, -0.25) is 4.79 Å². The van der Waals surface area contributed by atoms with E-state index in [1.807, 2.05) is 30.5 Å². The molecule has 0 fully saturated rings. The van der Waals surface area contributed by atoms with Crippen molar-refractivity contribution in [3.05, 3.63) is 41.0 Å². The summed E-state index contributed by atoms with van der Waals surface area (Å²) < 4.78 is 0. The highest BCUT2D eigenvalue weighted by atomic mass is 32.2. The first-order valence-corrected chi connectivity index (χ1v) is 11.1. The first-order valence-electron chi connectivity index (χ1n) is 8.06. The zero-order chi connectivity index (χ0) is 17.2. The molecule has 25 heavy (non-hydrogen) atoms. The molecule has 128 valence electrons. The van der Waals surface area contributed by atoms with Crippen LogP contribution in [0.5, 0.6) is 0 Å². The molecule has 0 saturated carbocycles. The van der Waals surface area contributed by atoms with Crippen molar-refractivity contribution in [3.8, 4) is 0 Å². The Bertz CT molecular complexity index is 921. The van der Waals surface area contributed by atoms with Gasteiger partial charge in [-0.25, -0.2) is 9.97 Å². The number of nitrogens with one attached hydrogen (secondary N) is 1. The van der Waals surface area contributed by atoms with Crippen molar-refractivity contribution in [2.45, 2.75) is 29.2 Å². The molecule has 1 aliphatic carbocycles. The lowest BCUT2D eigenvalue weighted by Gasteiger charge is -2.06. The van der Waals surface area contributed by atoms with Gasteiger partial charge < -0.3 is 5.32 Å². The van der Waals surface area contributed by atoms with Gasteiger partial charge in [0.15, 0.2) is 0 Å². The third-order valence-electron chi connectivity index (χ3n) is 4.18. The van der Waals surface area contributed by atoms with Crippen molar-refractivity contribution in [2.75, 3.05) is 17.3 Å². The topological polar surface area (TPSA) is 54.9 Å².